The highest BCUT2D eigenvalue weighted by molar-refractivity contribution is 7.09. The number of nitrogens with one attached hydrogen (secondary N) is 2. The van der Waals surface area contributed by atoms with E-state index in [2.05, 4.69) is 22.5 Å². The van der Waals surface area contributed by atoms with Crippen molar-refractivity contribution in [2.75, 3.05) is 6.54 Å². The lowest BCUT2D eigenvalue weighted by molar-refractivity contribution is -0.120. The average molecular weight is 255 g/mol. The van der Waals surface area contributed by atoms with E-state index in [1.165, 1.54) is 0 Å². The summed E-state index contributed by atoms with van der Waals surface area (Å²) in [6.45, 7) is 8.39. The van der Waals surface area contributed by atoms with Crippen molar-refractivity contribution in [1.29, 1.82) is 0 Å². The Balaban J connectivity index is 2.33. The molecule has 1 heterocycles. The second-order valence-electron chi connectivity index (χ2n) is 4.31. The average Bonchev–Trinajstić information content (AvgIpc) is 2.72. The third kappa shape index (κ3) is 4.83. The van der Waals surface area contributed by atoms with Gasteiger partial charge >= 0.3 is 0 Å². The van der Waals surface area contributed by atoms with Gasteiger partial charge in [0.15, 0.2) is 0 Å². The standard InChI is InChI=1S/C12H21N3OS/c1-5-8(2)14-11(16)6-13-10(4)12-15-9(3)7-17-12/h7-8,10,13H,5-6H2,1-4H3,(H,14,16). The van der Waals surface area contributed by atoms with E-state index in [-0.39, 0.29) is 18.0 Å². The Labute approximate surface area is 107 Å². The highest BCUT2D eigenvalue weighted by Gasteiger charge is 2.11. The molecule has 5 heteroatoms. The minimum Gasteiger partial charge on any atom is -0.353 e. The van der Waals surface area contributed by atoms with Crippen LogP contribution in [0.25, 0.3) is 0 Å². The fraction of sp³-hybridized carbons (Fsp3) is 0.667. The first-order valence-corrected chi connectivity index (χ1v) is 6.85. The van der Waals surface area contributed by atoms with Gasteiger partial charge in [-0.25, -0.2) is 4.98 Å². The monoisotopic (exact) mass is 255 g/mol. The summed E-state index contributed by atoms with van der Waals surface area (Å²) >= 11 is 1.62. The van der Waals surface area contributed by atoms with Crippen LogP contribution in [0.2, 0.25) is 0 Å². The van der Waals surface area contributed by atoms with Crippen LogP contribution < -0.4 is 10.6 Å². The molecular weight excluding hydrogens is 234 g/mol. The van der Waals surface area contributed by atoms with Crippen LogP contribution in [0.15, 0.2) is 5.38 Å². The molecule has 0 spiro atoms. The van der Waals surface area contributed by atoms with Crippen LogP contribution in [0.5, 0.6) is 0 Å². The van der Waals surface area contributed by atoms with Crippen molar-refractivity contribution in [3.63, 3.8) is 0 Å². The lowest BCUT2D eigenvalue weighted by Crippen LogP contribution is -2.39. The normalized spacial score (nSPS) is 14.4. The van der Waals surface area contributed by atoms with Gasteiger partial charge in [0.1, 0.15) is 5.01 Å². The number of carbonyl (C=O) groups is 1. The molecule has 1 amide bonds. The van der Waals surface area contributed by atoms with Crippen molar-refractivity contribution < 1.29 is 4.79 Å². The van der Waals surface area contributed by atoms with Gasteiger partial charge in [-0.1, -0.05) is 6.92 Å². The molecule has 0 saturated carbocycles. The van der Waals surface area contributed by atoms with Crippen LogP contribution in [-0.2, 0) is 4.79 Å². The van der Waals surface area contributed by atoms with E-state index in [0.717, 1.165) is 17.1 Å². The summed E-state index contributed by atoms with van der Waals surface area (Å²) in [5.41, 5.74) is 1.03. The number of nitrogens with zero attached hydrogens (tertiary/aromatic N) is 1. The Bertz CT molecular complexity index is 364. The fourth-order valence-electron chi connectivity index (χ4n) is 1.33. The molecule has 0 saturated heterocycles. The lowest BCUT2D eigenvalue weighted by atomic mass is 10.2. The van der Waals surface area contributed by atoms with Gasteiger partial charge in [-0.3, -0.25) is 10.1 Å². The zero-order chi connectivity index (χ0) is 12.8. The van der Waals surface area contributed by atoms with Gasteiger partial charge in [0, 0.05) is 17.1 Å². The van der Waals surface area contributed by atoms with E-state index in [4.69, 9.17) is 0 Å². The van der Waals surface area contributed by atoms with Crippen molar-refractivity contribution in [3.8, 4) is 0 Å². The van der Waals surface area contributed by atoms with Crippen molar-refractivity contribution in [1.82, 2.24) is 15.6 Å². The van der Waals surface area contributed by atoms with E-state index >= 15 is 0 Å². The van der Waals surface area contributed by atoms with Gasteiger partial charge in [-0.15, -0.1) is 11.3 Å². The zero-order valence-corrected chi connectivity index (χ0v) is 11.7. The van der Waals surface area contributed by atoms with Crippen molar-refractivity contribution in [2.45, 2.75) is 46.2 Å². The van der Waals surface area contributed by atoms with Crippen LogP contribution in [0.4, 0.5) is 0 Å². The Kier molecular flexibility index (Phi) is 5.58. The zero-order valence-electron chi connectivity index (χ0n) is 10.9. The molecule has 1 aromatic rings. The minimum atomic E-state index is 0.0412. The summed E-state index contributed by atoms with van der Waals surface area (Å²) in [6.07, 6.45) is 0.951. The van der Waals surface area contributed by atoms with Gasteiger partial charge in [-0.05, 0) is 27.2 Å². The van der Waals surface area contributed by atoms with Crippen molar-refractivity contribution in [2.24, 2.45) is 0 Å². The molecule has 1 rings (SSSR count). The van der Waals surface area contributed by atoms with Crippen LogP contribution in [-0.4, -0.2) is 23.5 Å². The van der Waals surface area contributed by atoms with Crippen molar-refractivity contribution >= 4 is 17.2 Å². The van der Waals surface area contributed by atoms with E-state index in [1.807, 2.05) is 26.2 Å². The molecule has 2 unspecified atom stereocenters. The first kappa shape index (κ1) is 14.1. The molecule has 2 N–H and O–H groups in total. The van der Waals surface area contributed by atoms with Gasteiger partial charge in [0.2, 0.25) is 5.91 Å². The molecule has 0 bridgehead atoms. The SMILES string of the molecule is CCC(C)NC(=O)CNC(C)c1nc(C)cs1. The molecule has 0 fully saturated rings. The maximum absolute atomic E-state index is 11.6. The van der Waals surface area contributed by atoms with Gasteiger partial charge in [0.05, 0.1) is 12.6 Å². The van der Waals surface area contributed by atoms with Crippen LogP contribution in [0, 0.1) is 6.92 Å². The second kappa shape index (κ2) is 6.71. The molecule has 0 radical (unpaired) electrons. The molecule has 4 nitrogen and oxygen atoms in total. The molecule has 0 aliphatic rings. The molecule has 17 heavy (non-hydrogen) atoms. The minimum absolute atomic E-state index is 0.0412. The predicted octanol–water partition coefficient (Wildman–Crippen LogP) is 2.02. The fourth-order valence-corrected chi connectivity index (χ4v) is 2.16. The number of amides is 1. The third-order valence-electron chi connectivity index (χ3n) is 2.60. The summed E-state index contributed by atoms with van der Waals surface area (Å²) in [5.74, 6) is 0.0412. The first-order chi connectivity index (χ1) is 8.02. The maximum Gasteiger partial charge on any atom is 0.234 e. The van der Waals surface area contributed by atoms with Crippen LogP contribution >= 0.6 is 11.3 Å². The summed E-state index contributed by atoms with van der Waals surface area (Å²) in [7, 11) is 0. The maximum atomic E-state index is 11.6. The highest BCUT2D eigenvalue weighted by Crippen LogP contribution is 2.16. The Morgan fingerprint density at radius 2 is 2.24 bits per heavy atom. The smallest absolute Gasteiger partial charge is 0.234 e. The summed E-state index contributed by atoms with van der Waals surface area (Å²) in [6, 6.07) is 0.359. The Hall–Kier alpha value is -0.940. The molecule has 0 aliphatic carbocycles. The molecular formula is C12H21N3OS. The number of thiazole rings is 1. The quantitative estimate of drug-likeness (QED) is 0.817. The number of hydrogen-bond donors (Lipinski definition) is 2. The van der Waals surface area contributed by atoms with Crippen molar-refractivity contribution in [3.05, 3.63) is 16.1 Å². The van der Waals surface area contributed by atoms with E-state index in [9.17, 15) is 4.79 Å². The first-order valence-electron chi connectivity index (χ1n) is 5.97. The van der Waals surface area contributed by atoms with E-state index in [1.54, 1.807) is 11.3 Å². The number of aromatic nitrogens is 1. The molecule has 2 atom stereocenters. The number of carbonyl (C=O) groups excluding carboxylic acids is 1. The number of rotatable bonds is 6. The summed E-state index contributed by atoms with van der Waals surface area (Å²) in [5, 5.41) is 9.15. The Morgan fingerprint density at radius 3 is 2.76 bits per heavy atom. The van der Waals surface area contributed by atoms with Gasteiger partial charge in [-0.2, -0.15) is 0 Å². The summed E-state index contributed by atoms with van der Waals surface area (Å²) < 4.78 is 0. The molecule has 1 aromatic heterocycles. The van der Waals surface area contributed by atoms with E-state index in [0.29, 0.717) is 6.54 Å². The highest BCUT2D eigenvalue weighted by atomic mass is 32.1. The van der Waals surface area contributed by atoms with Gasteiger partial charge in [0.25, 0.3) is 0 Å². The molecule has 0 aliphatic heterocycles. The second-order valence-corrected chi connectivity index (χ2v) is 5.20. The topological polar surface area (TPSA) is 54.0 Å². The van der Waals surface area contributed by atoms with E-state index < -0.39 is 0 Å². The van der Waals surface area contributed by atoms with Gasteiger partial charge < -0.3 is 5.32 Å². The number of hydrogen-bond acceptors (Lipinski definition) is 4. The lowest BCUT2D eigenvalue weighted by Gasteiger charge is -2.14. The number of aryl methyl sites for hydroxylation is 1. The molecule has 96 valence electrons. The van der Waals surface area contributed by atoms with Crippen LogP contribution in [0.3, 0.4) is 0 Å². The largest absolute Gasteiger partial charge is 0.353 e. The predicted molar refractivity (Wildman–Crippen MR) is 71.2 cm³/mol. The van der Waals surface area contributed by atoms with Crippen LogP contribution in [0.1, 0.15) is 43.9 Å². The summed E-state index contributed by atoms with van der Waals surface area (Å²) in [4.78, 5) is 16.0. The third-order valence-corrected chi connectivity index (χ3v) is 3.74. The molecule has 0 aromatic carbocycles. The Morgan fingerprint density at radius 1 is 1.53 bits per heavy atom.